The summed E-state index contributed by atoms with van der Waals surface area (Å²) >= 11 is 0. The van der Waals surface area contributed by atoms with E-state index in [0.717, 1.165) is 6.07 Å². The van der Waals surface area contributed by atoms with E-state index in [1.165, 1.54) is 25.1 Å². The Morgan fingerprint density at radius 2 is 1.77 bits per heavy atom. The van der Waals surface area contributed by atoms with Gasteiger partial charge in [0.25, 0.3) is 0 Å². The van der Waals surface area contributed by atoms with Crippen LogP contribution in [-0.2, 0) is 25.6 Å². The van der Waals surface area contributed by atoms with E-state index in [9.17, 15) is 39.6 Å². The highest BCUT2D eigenvalue weighted by Gasteiger charge is 2.78. The number of carbonyl (C=O) groups excluding carboxylic acids is 5. The Labute approximate surface area is 199 Å². The summed E-state index contributed by atoms with van der Waals surface area (Å²) in [6.07, 6.45) is -0.800. The maximum absolute atomic E-state index is 14.0. The number of nitriles is 2. The number of amides is 1. The quantitative estimate of drug-likeness (QED) is 0.329. The zero-order chi connectivity index (χ0) is 26.2. The van der Waals surface area contributed by atoms with Crippen LogP contribution in [0.5, 0.6) is 5.75 Å². The second kappa shape index (κ2) is 7.26. The molecule has 180 valence electrons. The Kier molecular flexibility index (Phi) is 5.01. The maximum atomic E-state index is 14.0. The lowest BCUT2D eigenvalue weighted by Gasteiger charge is -2.60. The molecule has 0 bridgehead atoms. The molecule has 35 heavy (non-hydrogen) atoms. The second-order valence-electron chi connectivity index (χ2n) is 9.72. The van der Waals surface area contributed by atoms with E-state index in [0.29, 0.717) is 0 Å². The van der Waals surface area contributed by atoms with E-state index in [4.69, 9.17) is 17.2 Å². The van der Waals surface area contributed by atoms with Crippen molar-refractivity contribution in [3.63, 3.8) is 0 Å². The van der Waals surface area contributed by atoms with Crippen molar-refractivity contribution in [3.8, 4) is 17.9 Å². The fourth-order valence-corrected chi connectivity index (χ4v) is 6.31. The summed E-state index contributed by atoms with van der Waals surface area (Å²) in [4.78, 5) is 67.8. The molecule has 12 heteroatoms. The zero-order valence-electron chi connectivity index (χ0n) is 18.9. The first-order valence-corrected chi connectivity index (χ1v) is 10.6. The Hall–Kier alpha value is -3.97. The molecule has 0 aliphatic heterocycles. The SMILES string of the molecule is CN(C)[C@@H]1C(=O)C(C(N)=O)C(=O)[C@@]2(C#N)C(=O)C3C(=O)c4c(O)ccc(C#N)c4C[C@@]3(N)C[C@@]12N. The fourth-order valence-electron chi connectivity index (χ4n) is 6.31. The zero-order valence-corrected chi connectivity index (χ0v) is 18.9. The third-order valence-corrected chi connectivity index (χ3v) is 7.59. The molecule has 1 amide bonds. The van der Waals surface area contributed by atoms with Gasteiger partial charge in [-0.3, -0.25) is 28.9 Å². The number of nitrogens with two attached hydrogens (primary N) is 3. The van der Waals surface area contributed by atoms with Gasteiger partial charge in [-0.2, -0.15) is 10.5 Å². The van der Waals surface area contributed by atoms with Gasteiger partial charge in [0.15, 0.2) is 34.5 Å². The van der Waals surface area contributed by atoms with Crippen LogP contribution in [0.25, 0.3) is 0 Å². The Balaban J connectivity index is 2.05. The van der Waals surface area contributed by atoms with E-state index in [1.807, 2.05) is 6.07 Å². The molecule has 0 spiro atoms. The first-order valence-electron chi connectivity index (χ1n) is 10.6. The highest BCUT2D eigenvalue weighted by molar-refractivity contribution is 6.33. The number of fused-ring (bicyclic) bond motifs is 3. The van der Waals surface area contributed by atoms with Gasteiger partial charge < -0.3 is 22.3 Å². The van der Waals surface area contributed by atoms with E-state index < -0.39 is 75.6 Å². The van der Waals surface area contributed by atoms with Crippen LogP contribution in [0, 0.1) is 39.9 Å². The van der Waals surface area contributed by atoms with E-state index >= 15 is 0 Å². The van der Waals surface area contributed by atoms with Crippen LogP contribution in [0.15, 0.2) is 12.1 Å². The molecular weight excluding hydrogens is 456 g/mol. The third kappa shape index (κ3) is 2.67. The summed E-state index contributed by atoms with van der Waals surface area (Å²) in [7, 11) is 2.83. The Morgan fingerprint density at radius 1 is 1.14 bits per heavy atom. The number of benzene rings is 1. The van der Waals surface area contributed by atoms with Gasteiger partial charge in [0.05, 0.1) is 34.8 Å². The van der Waals surface area contributed by atoms with Crippen LogP contribution in [0.4, 0.5) is 0 Å². The number of hydrogen-bond acceptors (Lipinski definition) is 11. The molecular formula is C23H22N6O6. The topological polar surface area (TPSA) is 234 Å². The van der Waals surface area contributed by atoms with Crippen LogP contribution in [0.2, 0.25) is 0 Å². The Bertz CT molecular complexity index is 1340. The number of primary amides is 1. The van der Waals surface area contributed by atoms with Crippen molar-refractivity contribution in [2.45, 2.75) is 30.0 Å². The molecule has 0 saturated heterocycles. The van der Waals surface area contributed by atoms with E-state index in [2.05, 4.69) is 0 Å². The molecule has 0 heterocycles. The molecule has 1 aromatic carbocycles. The number of Topliss-reactive ketones (excluding diaryl/α,β-unsaturated/α-hetero) is 4. The number of rotatable bonds is 2. The van der Waals surface area contributed by atoms with Gasteiger partial charge in [-0.15, -0.1) is 0 Å². The average molecular weight is 478 g/mol. The molecule has 2 saturated carbocycles. The third-order valence-electron chi connectivity index (χ3n) is 7.59. The summed E-state index contributed by atoms with van der Waals surface area (Å²) < 4.78 is 0. The number of hydrogen-bond donors (Lipinski definition) is 4. The number of nitrogens with zero attached hydrogens (tertiary/aromatic N) is 3. The minimum atomic E-state index is -2.79. The summed E-state index contributed by atoms with van der Waals surface area (Å²) in [5.41, 5.74) is 11.6. The first kappa shape index (κ1) is 24.2. The molecule has 2 fully saturated rings. The molecule has 1 aromatic rings. The standard InChI is InChI=1S/C23H22N6O6/c1-29(2)17-16(32)13(20(26)35)18(33)22(8-25)19(34)14-15(31)12-10(9(6-24)3-4-11(12)30)5-21(14,27)7-23(17,22)28/h3-4,13-14,17,30H,5,7,27-28H2,1-2H3,(H2,26,35)/t13?,14?,17-,21-,22+,23-/m1/s1. The summed E-state index contributed by atoms with van der Waals surface area (Å²) in [6.45, 7) is 0. The molecule has 3 aliphatic carbocycles. The highest BCUT2D eigenvalue weighted by Crippen LogP contribution is 2.56. The first-order chi connectivity index (χ1) is 16.2. The van der Waals surface area contributed by atoms with E-state index in [-0.39, 0.29) is 23.1 Å². The van der Waals surface area contributed by atoms with E-state index in [1.54, 1.807) is 6.07 Å². The van der Waals surface area contributed by atoms with Crippen LogP contribution < -0.4 is 17.2 Å². The molecule has 6 atom stereocenters. The van der Waals surface area contributed by atoms with Crippen LogP contribution in [0.3, 0.4) is 0 Å². The van der Waals surface area contributed by atoms with Gasteiger partial charge in [-0.25, -0.2) is 0 Å². The van der Waals surface area contributed by atoms with Gasteiger partial charge in [-0.1, -0.05) is 0 Å². The smallest absolute Gasteiger partial charge is 0.235 e. The molecule has 0 aromatic heterocycles. The molecule has 4 rings (SSSR count). The molecule has 12 nitrogen and oxygen atoms in total. The lowest BCUT2D eigenvalue weighted by Crippen LogP contribution is -2.85. The van der Waals surface area contributed by atoms with Gasteiger partial charge in [-0.05, 0) is 44.6 Å². The lowest BCUT2D eigenvalue weighted by atomic mass is 9.42. The van der Waals surface area contributed by atoms with Crippen molar-refractivity contribution in [2.75, 3.05) is 14.1 Å². The van der Waals surface area contributed by atoms with Crippen LogP contribution in [-0.4, -0.2) is 70.3 Å². The van der Waals surface area contributed by atoms with Crippen molar-refractivity contribution in [3.05, 3.63) is 28.8 Å². The number of phenols is 1. The number of ketones is 4. The van der Waals surface area contributed by atoms with Gasteiger partial charge in [0, 0.05) is 5.54 Å². The molecule has 3 aliphatic rings. The van der Waals surface area contributed by atoms with Crippen LogP contribution in [0.1, 0.15) is 27.9 Å². The van der Waals surface area contributed by atoms with Gasteiger partial charge in [0.1, 0.15) is 11.7 Å². The van der Waals surface area contributed by atoms with Gasteiger partial charge in [0.2, 0.25) is 5.91 Å². The van der Waals surface area contributed by atoms with Crippen molar-refractivity contribution in [1.29, 1.82) is 10.5 Å². The molecule has 7 N–H and O–H groups in total. The number of phenolic OH excluding ortho intramolecular Hbond substituents is 1. The minimum Gasteiger partial charge on any atom is -0.507 e. The number of aromatic hydroxyl groups is 1. The Morgan fingerprint density at radius 3 is 2.29 bits per heavy atom. The van der Waals surface area contributed by atoms with Crippen molar-refractivity contribution in [2.24, 2.45) is 34.5 Å². The summed E-state index contributed by atoms with van der Waals surface area (Å²) in [5, 5.41) is 30.2. The molecule has 0 radical (unpaired) electrons. The number of likely N-dealkylation sites (N-methyl/N-ethyl adjacent to an activating group) is 1. The fraction of sp³-hybridized carbons (Fsp3) is 0.435. The van der Waals surface area contributed by atoms with Gasteiger partial charge >= 0.3 is 0 Å². The van der Waals surface area contributed by atoms with Crippen molar-refractivity contribution < 1.29 is 29.1 Å². The lowest BCUT2D eigenvalue weighted by molar-refractivity contribution is -0.166. The van der Waals surface area contributed by atoms with Crippen molar-refractivity contribution >= 4 is 29.0 Å². The van der Waals surface area contributed by atoms with Crippen LogP contribution >= 0.6 is 0 Å². The number of carbonyl (C=O) groups is 5. The van der Waals surface area contributed by atoms with Crippen molar-refractivity contribution in [1.82, 2.24) is 4.90 Å². The normalized spacial score (nSPS) is 36.0. The summed E-state index contributed by atoms with van der Waals surface area (Å²) in [6, 6.07) is 4.48. The average Bonchev–Trinajstić information content (AvgIpc) is 2.72. The largest absolute Gasteiger partial charge is 0.507 e. The highest BCUT2D eigenvalue weighted by atomic mass is 16.3. The molecule has 2 unspecified atom stereocenters. The summed E-state index contributed by atoms with van der Waals surface area (Å²) in [5.74, 6) is -10.4. The predicted octanol–water partition coefficient (Wildman–Crippen LogP) is -2.32. The monoisotopic (exact) mass is 478 g/mol. The minimum absolute atomic E-state index is 0.0406. The predicted molar refractivity (Wildman–Crippen MR) is 116 cm³/mol. The maximum Gasteiger partial charge on any atom is 0.235 e. The second-order valence-corrected chi connectivity index (χ2v) is 9.72.